The molecule has 0 fully saturated rings. The van der Waals surface area contributed by atoms with E-state index in [4.69, 9.17) is 17.9 Å². The number of carbonyl (C=O) groups excluding carboxylic acids is 3. The van der Waals surface area contributed by atoms with Crippen LogP contribution in [0.2, 0.25) is 0 Å². The van der Waals surface area contributed by atoms with Crippen molar-refractivity contribution < 1.29 is 36.3 Å². The van der Waals surface area contributed by atoms with E-state index in [-0.39, 0.29) is 46.8 Å². The summed E-state index contributed by atoms with van der Waals surface area (Å²) in [6, 6.07) is 62.8. The summed E-state index contributed by atoms with van der Waals surface area (Å²) in [4.78, 5) is 33.1. The molecule has 0 saturated carbocycles. The van der Waals surface area contributed by atoms with E-state index in [1.165, 1.54) is 81.4 Å². The molecule has 13 rings (SSSR count). The number of carbonyl (C=O) groups is 3. The van der Waals surface area contributed by atoms with Crippen molar-refractivity contribution in [2.75, 3.05) is 27.4 Å². The monoisotopic (exact) mass is 1440 g/mol. The number of H-pyrrole nitrogens is 5. The van der Waals surface area contributed by atoms with Crippen LogP contribution in [0.1, 0.15) is 48.6 Å². The number of aromatic nitrogens is 10. The summed E-state index contributed by atoms with van der Waals surface area (Å²) in [6.07, 6.45) is 5.10. The van der Waals surface area contributed by atoms with Crippen molar-refractivity contribution in [1.29, 1.82) is 0 Å². The highest BCUT2D eigenvalue weighted by Gasteiger charge is 2.17. The number of benzene rings is 8. The van der Waals surface area contributed by atoms with E-state index in [1.54, 1.807) is 72.8 Å². The average Bonchev–Trinajstić information content (AvgIpc) is 1.73. The van der Waals surface area contributed by atoms with Crippen molar-refractivity contribution in [1.82, 2.24) is 51.0 Å². The van der Waals surface area contributed by atoms with Gasteiger partial charge < -0.3 is 27.4 Å². The lowest BCUT2D eigenvalue weighted by Crippen LogP contribution is -2.07. The Morgan fingerprint density at radius 2 is 0.768 bits per heavy atom. The molecule has 24 heteroatoms. The summed E-state index contributed by atoms with van der Waals surface area (Å²) < 4.78 is 66.5. The number of nitrogens with two attached hydrogens (primary N) is 2. The Morgan fingerprint density at radius 3 is 1.20 bits per heavy atom. The van der Waals surface area contributed by atoms with Gasteiger partial charge in [0.25, 0.3) is 0 Å². The van der Waals surface area contributed by atoms with Gasteiger partial charge in [-0.2, -0.15) is 25.5 Å². The van der Waals surface area contributed by atoms with Gasteiger partial charge in [0, 0.05) is 77.4 Å². The van der Waals surface area contributed by atoms with Crippen molar-refractivity contribution in [3.63, 3.8) is 0 Å². The Hall–Kier alpha value is -13.1. The molecule has 0 aliphatic carbocycles. The summed E-state index contributed by atoms with van der Waals surface area (Å²) in [5.74, 6) is 14.3. The second kappa shape index (κ2) is 36.0. The minimum absolute atomic E-state index is 0.194. The van der Waals surface area contributed by atoms with Gasteiger partial charge >= 0.3 is 0 Å². The van der Waals surface area contributed by atoms with Gasteiger partial charge in [-0.25, -0.2) is 22.0 Å². The minimum Gasteiger partial charge on any atom is -0.382 e. The third-order valence-corrected chi connectivity index (χ3v) is 14.1. The number of nitrogens with one attached hydrogen (secondary N) is 8. The number of halogens is 6. The molecule has 18 nitrogen and oxygen atoms in total. The molecule has 3 amide bonds. The van der Waals surface area contributed by atoms with Crippen LogP contribution in [0.4, 0.5) is 51.0 Å². The SMILES string of the molecule is C#Cc1ccccc1.CC(=O)Nc1cc(-c2cccc(F)c2)[nH]n1.CC(=O)Nc1n[nH]c(-c2cccc(F)c2)c1C#Cc1ccccc1.CC(=O)Nc1n[nH]c(-c2cccc(F)c2)c1I.Nc1cc(-c2cccc(F)c2)[nH]n1.Nc1n[nH]c(-c2cccc(F)c2)c1C#Cc1ccccc1. The van der Waals surface area contributed by atoms with Gasteiger partial charge in [-0.1, -0.05) is 145 Å². The predicted molar refractivity (Wildman–Crippen MR) is 384 cm³/mol. The number of rotatable bonds is 8. The normalized spacial score (nSPS) is 9.90. The van der Waals surface area contributed by atoms with Crippen LogP contribution in [0.15, 0.2) is 224 Å². The van der Waals surface area contributed by atoms with E-state index in [0.717, 1.165) is 31.5 Å². The van der Waals surface area contributed by atoms with Gasteiger partial charge in [0.1, 0.15) is 34.9 Å². The van der Waals surface area contributed by atoms with Crippen molar-refractivity contribution >= 4 is 69.4 Å². The maximum Gasteiger partial charge on any atom is 0.222 e. The average molecular weight is 1440 g/mol. The van der Waals surface area contributed by atoms with Gasteiger partial charge in [-0.15, -0.1) is 6.42 Å². The van der Waals surface area contributed by atoms with Crippen LogP contribution >= 0.6 is 22.6 Å². The van der Waals surface area contributed by atoms with Crippen LogP contribution in [-0.4, -0.2) is 68.7 Å². The van der Waals surface area contributed by atoms with Crippen molar-refractivity contribution in [3.05, 3.63) is 285 Å². The van der Waals surface area contributed by atoms with E-state index in [0.29, 0.717) is 85.2 Å². The first kappa shape index (κ1) is 71.7. The molecule has 0 aliphatic rings. The maximum absolute atomic E-state index is 13.5. The second-order valence-corrected chi connectivity index (χ2v) is 21.7. The molecule has 0 saturated heterocycles. The summed E-state index contributed by atoms with van der Waals surface area (Å²) in [5.41, 5.74) is 21.6. The van der Waals surface area contributed by atoms with E-state index in [2.05, 4.69) is 119 Å². The van der Waals surface area contributed by atoms with E-state index in [1.807, 2.05) is 91.0 Å². The molecular formula is C75H59F5IN15O3. The molecule has 494 valence electrons. The Morgan fingerprint density at radius 1 is 0.394 bits per heavy atom. The molecule has 0 unspecified atom stereocenters. The smallest absolute Gasteiger partial charge is 0.222 e. The molecular weight excluding hydrogens is 1380 g/mol. The Labute approximate surface area is 578 Å². The lowest BCUT2D eigenvalue weighted by molar-refractivity contribution is -0.115. The van der Waals surface area contributed by atoms with Crippen molar-refractivity contribution in [2.45, 2.75) is 20.8 Å². The van der Waals surface area contributed by atoms with Gasteiger partial charge in [0.15, 0.2) is 23.3 Å². The molecule has 0 bridgehead atoms. The third-order valence-electron chi connectivity index (χ3n) is 13.1. The van der Waals surface area contributed by atoms with Gasteiger partial charge in [0.05, 0.1) is 43.2 Å². The van der Waals surface area contributed by atoms with Crippen molar-refractivity contribution in [3.8, 4) is 92.3 Å². The highest BCUT2D eigenvalue weighted by Crippen LogP contribution is 2.30. The number of anilines is 5. The number of nitrogens with zero attached hydrogens (tertiary/aromatic N) is 5. The summed E-state index contributed by atoms with van der Waals surface area (Å²) in [5, 5.41) is 41.3. The molecule has 13 aromatic rings. The first-order chi connectivity index (χ1) is 47.8. The number of hydrogen-bond donors (Lipinski definition) is 10. The standard InChI is InChI=1S/C19H14FN3O.C17H12FN3.C11H9FIN3O.C11H10FN3O.C9H8FN3.C8H6/c1-13(24)21-19-17(11-10-14-6-3-2-4-7-14)18(22-23-19)15-8-5-9-16(20)12-15;18-14-8-4-7-13(11-14)16-15(17(19)21-20-16)10-9-12-5-2-1-3-6-12;1-6(17)14-11-9(13)10(15-16-11)7-3-2-4-8(12)5-7;1-7(16)13-11-6-10(14-15-11)8-3-2-4-9(12)5-8;10-7-3-1-2-6(4-7)8-5-9(11)13-12-8;1-2-8-6-4-3-5-7-8/h2-9,12H,1H3,(H2,21,22,23,24);1-8,11H,(H3,19,20,21);2-5H,1H3,(H2,14,15,16,17);2-6H,1H3,(H2,13,14,15,16);1-5H,(H3,11,12,13);1,3-7H. The highest BCUT2D eigenvalue weighted by molar-refractivity contribution is 14.1. The maximum atomic E-state index is 13.5. The van der Waals surface area contributed by atoms with E-state index >= 15 is 0 Å². The fraction of sp³-hybridized carbons (Fsp3) is 0.0400. The molecule has 0 atom stereocenters. The molecule has 0 aliphatic heterocycles. The first-order valence-electron chi connectivity index (χ1n) is 29.6. The Balaban J connectivity index is 0.000000155. The molecule has 5 aromatic heterocycles. The van der Waals surface area contributed by atoms with Gasteiger partial charge in [0.2, 0.25) is 17.7 Å². The Bertz CT molecular complexity index is 5040. The number of terminal acetylenes is 1. The van der Waals surface area contributed by atoms with Crippen LogP contribution in [0, 0.1) is 68.7 Å². The van der Waals surface area contributed by atoms with E-state index < -0.39 is 0 Å². The first-order valence-corrected chi connectivity index (χ1v) is 30.7. The number of hydrogen-bond acceptors (Lipinski definition) is 10. The summed E-state index contributed by atoms with van der Waals surface area (Å²) >= 11 is 2.05. The highest BCUT2D eigenvalue weighted by atomic mass is 127. The van der Waals surface area contributed by atoms with Gasteiger partial charge in [-0.05, 0) is 120 Å². The van der Waals surface area contributed by atoms with Gasteiger partial charge in [-0.3, -0.25) is 39.9 Å². The quantitative estimate of drug-likeness (QED) is 0.0390. The molecule has 0 radical (unpaired) electrons. The molecule has 12 N–H and O–H groups in total. The zero-order valence-corrected chi connectivity index (χ0v) is 55.0. The van der Waals surface area contributed by atoms with Crippen LogP contribution in [-0.2, 0) is 14.4 Å². The zero-order valence-electron chi connectivity index (χ0n) is 52.8. The predicted octanol–water partition coefficient (Wildman–Crippen LogP) is 15.2. The number of aromatic amines is 5. The summed E-state index contributed by atoms with van der Waals surface area (Å²) in [7, 11) is 0. The largest absolute Gasteiger partial charge is 0.382 e. The molecule has 0 spiro atoms. The molecule has 5 heterocycles. The fourth-order valence-corrected chi connectivity index (χ4v) is 9.37. The summed E-state index contributed by atoms with van der Waals surface area (Å²) in [6.45, 7) is 4.20. The molecule has 8 aromatic carbocycles. The van der Waals surface area contributed by atoms with Crippen molar-refractivity contribution in [2.24, 2.45) is 0 Å². The fourth-order valence-electron chi connectivity index (χ4n) is 8.68. The second-order valence-electron chi connectivity index (χ2n) is 20.7. The zero-order chi connectivity index (χ0) is 70.6. The lowest BCUT2D eigenvalue weighted by atomic mass is 10.1. The number of amides is 3. The third kappa shape index (κ3) is 22.2. The van der Waals surface area contributed by atoms with Crippen LogP contribution < -0.4 is 27.4 Å². The van der Waals surface area contributed by atoms with Crippen LogP contribution in [0.5, 0.6) is 0 Å². The lowest BCUT2D eigenvalue weighted by Gasteiger charge is -2.01. The topological polar surface area (TPSA) is 283 Å². The van der Waals surface area contributed by atoms with Crippen LogP contribution in [0.3, 0.4) is 0 Å². The Kier molecular flexibility index (Phi) is 26.0. The van der Waals surface area contributed by atoms with E-state index in [9.17, 15) is 36.3 Å². The number of nitrogen functional groups attached to an aromatic ring is 2. The van der Waals surface area contributed by atoms with Crippen LogP contribution in [0.25, 0.3) is 56.3 Å². The molecule has 99 heavy (non-hydrogen) atoms. The minimum atomic E-state index is -0.356.